The van der Waals surface area contributed by atoms with E-state index in [1.165, 1.54) is 5.56 Å². The number of hydrogen-bond donors (Lipinski definition) is 2. The summed E-state index contributed by atoms with van der Waals surface area (Å²) in [5.74, 6) is 1.02. The Morgan fingerprint density at radius 3 is 2.60 bits per heavy atom. The summed E-state index contributed by atoms with van der Waals surface area (Å²) in [7, 11) is 0. The maximum Gasteiger partial charge on any atom is 0.223 e. The molecule has 3 nitrogen and oxygen atoms in total. The van der Waals surface area contributed by atoms with Gasteiger partial charge in [-0.15, -0.1) is 0 Å². The van der Waals surface area contributed by atoms with Crippen LogP contribution in [0.25, 0.3) is 0 Å². The van der Waals surface area contributed by atoms with E-state index in [4.69, 9.17) is 5.73 Å². The smallest absolute Gasteiger partial charge is 0.223 e. The number of hydrogen-bond acceptors (Lipinski definition) is 2. The minimum atomic E-state index is 0.0859. The van der Waals surface area contributed by atoms with E-state index < -0.39 is 0 Å². The molecule has 0 bridgehead atoms. The van der Waals surface area contributed by atoms with Crippen LogP contribution in [0.1, 0.15) is 44.7 Å². The first kappa shape index (κ1) is 15.0. The highest BCUT2D eigenvalue weighted by atomic mass is 16.2. The lowest BCUT2D eigenvalue weighted by Crippen LogP contribution is -2.39. The summed E-state index contributed by atoms with van der Waals surface area (Å²) in [6, 6.07) is 10.3. The summed E-state index contributed by atoms with van der Waals surface area (Å²) < 4.78 is 0. The van der Waals surface area contributed by atoms with Gasteiger partial charge in [0, 0.05) is 5.92 Å². The molecule has 1 aromatic carbocycles. The Bertz CT molecular complexity index is 430. The van der Waals surface area contributed by atoms with Gasteiger partial charge in [0.15, 0.2) is 0 Å². The van der Waals surface area contributed by atoms with Crippen LogP contribution in [-0.2, 0) is 4.79 Å². The molecule has 1 unspecified atom stereocenters. The van der Waals surface area contributed by atoms with Crippen molar-refractivity contribution in [3.63, 3.8) is 0 Å². The fourth-order valence-corrected chi connectivity index (χ4v) is 3.22. The van der Waals surface area contributed by atoms with Crippen molar-refractivity contribution in [2.75, 3.05) is 6.54 Å². The van der Waals surface area contributed by atoms with E-state index in [2.05, 4.69) is 31.3 Å². The molecule has 0 saturated heterocycles. The third-order valence-electron chi connectivity index (χ3n) is 4.42. The Kier molecular flexibility index (Phi) is 5.18. The molecule has 1 saturated carbocycles. The summed E-state index contributed by atoms with van der Waals surface area (Å²) in [4.78, 5) is 12.5. The Labute approximate surface area is 121 Å². The van der Waals surface area contributed by atoms with Crippen LogP contribution in [0.4, 0.5) is 0 Å². The van der Waals surface area contributed by atoms with E-state index in [9.17, 15) is 4.79 Å². The van der Waals surface area contributed by atoms with Crippen molar-refractivity contribution >= 4 is 5.91 Å². The van der Waals surface area contributed by atoms with Crippen molar-refractivity contribution in [2.45, 2.75) is 39.2 Å². The second kappa shape index (κ2) is 6.89. The zero-order valence-corrected chi connectivity index (χ0v) is 12.5. The first-order chi connectivity index (χ1) is 9.63. The monoisotopic (exact) mass is 274 g/mol. The molecule has 1 amide bonds. The van der Waals surface area contributed by atoms with Crippen LogP contribution >= 0.6 is 0 Å². The highest BCUT2D eigenvalue weighted by molar-refractivity contribution is 5.79. The van der Waals surface area contributed by atoms with Crippen LogP contribution < -0.4 is 11.1 Å². The van der Waals surface area contributed by atoms with Gasteiger partial charge in [0.1, 0.15) is 0 Å². The minimum Gasteiger partial charge on any atom is -0.349 e. The molecule has 2 rings (SSSR count). The largest absolute Gasteiger partial charge is 0.349 e. The highest BCUT2D eigenvalue weighted by Gasteiger charge is 2.33. The minimum absolute atomic E-state index is 0.0859. The lowest BCUT2D eigenvalue weighted by molar-refractivity contribution is -0.127. The molecule has 1 aromatic rings. The molecule has 1 aliphatic carbocycles. The SMILES string of the molecule is CC(C)C(NC(=O)[C@@H]1CCC[C@@H]1CN)c1ccccc1. The zero-order chi connectivity index (χ0) is 14.5. The molecule has 0 aliphatic heterocycles. The van der Waals surface area contributed by atoms with E-state index >= 15 is 0 Å². The number of amides is 1. The standard InChI is InChI=1S/C17H26N2O/c1-12(2)16(13-7-4-3-5-8-13)19-17(20)15-10-6-9-14(15)11-18/h3-5,7-8,12,14-16H,6,9-11,18H2,1-2H3,(H,19,20)/t14-,15-,16?/m1/s1. The molecule has 0 aromatic heterocycles. The molecule has 1 fully saturated rings. The number of rotatable bonds is 5. The summed E-state index contributed by atoms with van der Waals surface area (Å²) in [5.41, 5.74) is 6.96. The Balaban J connectivity index is 2.07. The summed E-state index contributed by atoms with van der Waals surface area (Å²) in [5, 5.41) is 3.24. The van der Waals surface area contributed by atoms with Crippen LogP contribution in [0.3, 0.4) is 0 Å². The van der Waals surface area contributed by atoms with Gasteiger partial charge in [-0.2, -0.15) is 0 Å². The van der Waals surface area contributed by atoms with Gasteiger partial charge in [0.25, 0.3) is 0 Å². The molecule has 0 spiro atoms. The predicted octanol–water partition coefficient (Wildman–Crippen LogP) is 2.87. The third-order valence-corrected chi connectivity index (χ3v) is 4.42. The van der Waals surface area contributed by atoms with E-state index in [-0.39, 0.29) is 17.9 Å². The van der Waals surface area contributed by atoms with Crippen LogP contribution in [0.2, 0.25) is 0 Å². The lowest BCUT2D eigenvalue weighted by Gasteiger charge is -2.26. The van der Waals surface area contributed by atoms with Crippen LogP contribution in [0.15, 0.2) is 30.3 Å². The first-order valence-corrected chi connectivity index (χ1v) is 7.69. The molecule has 0 radical (unpaired) electrons. The van der Waals surface area contributed by atoms with Crippen molar-refractivity contribution in [3.05, 3.63) is 35.9 Å². The maximum atomic E-state index is 12.5. The van der Waals surface area contributed by atoms with Crippen molar-refractivity contribution in [3.8, 4) is 0 Å². The fraction of sp³-hybridized carbons (Fsp3) is 0.588. The molecule has 1 aliphatic rings. The highest BCUT2D eigenvalue weighted by Crippen LogP contribution is 2.32. The predicted molar refractivity (Wildman–Crippen MR) is 82.0 cm³/mol. The molecule has 0 heterocycles. The van der Waals surface area contributed by atoms with Crippen molar-refractivity contribution in [2.24, 2.45) is 23.5 Å². The van der Waals surface area contributed by atoms with Gasteiger partial charge in [0.05, 0.1) is 6.04 Å². The average Bonchev–Trinajstić information content (AvgIpc) is 2.93. The number of carbonyl (C=O) groups excluding carboxylic acids is 1. The van der Waals surface area contributed by atoms with Gasteiger partial charge in [-0.05, 0) is 36.8 Å². The maximum absolute atomic E-state index is 12.5. The number of benzene rings is 1. The second-order valence-electron chi connectivity index (χ2n) is 6.17. The van der Waals surface area contributed by atoms with E-state index in [1.807, 2.05) is 18.2 Å². The van der Waals surface area contributed by atoms with Crippen LogP contribution in [0.5, 0.6) is 0 Å². The number of nitrogens with one attached hydrogen (secondary N) is 1. The zero-order valence-electron chi connectivity index (χ0n) is 12.5. The molecule has 110 valence electrons. The van der Waals surface area contributed by atoms with Gasteiger partial charge in [-0.1, -0.05) is 50.6 Å². The van der Waals surface area contributed by atoms with E-state index in [0.717, 1.165) is 19.3 Å². The fourth-order valence-electron chi connectivity index (χ4n) is 3.22. The first-order valence-electron chi connectivity index (χ1n) is 7.69. The van der Waals surface area contributed by atoms with Crippen LogP contribution in [-0.4, -0.2) is 12.5 Å². The van der Waals surface area contributed by atoms with Gasteiger partial charge >= 0.3 is 0 Å². The van der Waals surface area contributed by atoms with Gasteiger partial charge in [0.2, 0.25) is 5.91 Å². The van der Waals surface area contributed by atoms with E-state index in [0.29, 0.717) is 18.4 Å². The second-order valence-corrected chi connectivity index (χ2v) is 6.17. The Hall–Kier alpha value is -1.35. The summed E-state index contributed by atoms with van der Waals surface area (Å²) in [6.07, 6.45) is 3.19. The summed E-state index contributed by atoms with van der Waals surface area (Å²) in [6.45, 7) is 4.91. The molecule has 3 N–H and O–H groups in total. The van der Waals surface area contributed by atoms with E-state index in [1.54, 1.807) is 0 Å². The van der Waals surface area contributed by atoms with Crippen molar-refractivity contribution < 1.29 is 4.79 Å². The molecule has 20 heavy (non-hydrogen) atoms. The number of carbonyl (C=O) groups is 1. The normalized spacial score (nSPS) is 23.8. The van der Waals surface area contributed by atoms with Gasteiger partial charge < -0.3 is 11.1 Å². The Morgan fingerprint density at radius 2 is 2.00 bits per heavy atom. The number of nitrogens with two attached hydrogens (primary N) is 1. The van der Waals surface area contributed by atoms with Gasteiger partial charge in [-0.25, -0.2) is 0 Å². The van der Waals surface area contributed by atoms with Crippen molar-refractivity contribution in [1.82, 2.24) is 5.32 Å². The Morgan fingerprint density at radius 1 is 1.30 bits per heavy atom. The third kappa shape index (κ3) is 3.40. The van der Waals surface area contributed by atoms with Gasteiger partial charge in [-0.3, -0.25) is 4.79 Å². The lowest BCUT2D eigenvalue weighted by atomic mass is 9.92. The van der Waals surface area contributed by atoms with Crippen molar-refractivity contribution in [1.29, 1.82) is 0 Å². The quantitative estimate of drug-likeness (QED) is 0.867. The van der Waals surface area contributed by atoms with Crippen LogP contribution in [0, 0.1) is 17.8 Å². The molecular weight excluding hydrogens is 248 g/mol. The topological polar surface area (TPSA) is 55.1 Å². The molecular formula is C17H26N2O. The molecule has 3 heteroatoms. The summed E-state index contributed by atoms with van der Waals surface area (Å²) >= 11 is 0. The molecule has 3 atom stereocenters. The average molecular weight is 274 g/mol.